The van der Waals surface area contributed by atoms with Gasteiger partial charge in [0, 0.05) is 5.75 Å². The second-order valence-electron chi connectivity index (χ2n) is 3.60. The molecule has 0 aliphatic carbocycles. The fourth-order valence-electron chi connectivity index (χ4n) is 1.32. The van der Waals surface area contributed by atoms with E-state index < -0.39 is 10.1 Å². The Bertz CT molecular complexity index is 378. The van der Waals surface area contributed by atoms with Gasteiger partial charge in [0.25, 0.3) is 0 Å². The summed E-state index contributed by atoms with van der Waals surface area (Å²) in [7, 11) is -4.03. The number of unbranched alkanes of at least 4 members (excludes halogenated alkanes) is 1. The molecule has 0 amide bonds. The van der Waals surface area contributed by atoms with Crippen molar-refractivity contribution < 1.29 is 64.4 Å². The van der Waals surface area contributed by atoms with Crippen molar-refractivity contribution in [2.24, 2.45) is 0 Å². The van der Waals surface area contributed by atoms with Gasteiger partial charge in [-0.15, -0.1) is 0 Å². The molecule has 7 heteroatoms. The minimum absolute atomic E-state index is 0. The van der Waals surface area contributed by atoms with Crippen LogP contribution in [0.3, 0.4) is 0 Å². The molecule has 0 unspecified atom stereocenters. The number of hydrogen-bond donors (Lipinski definition) is 1. The Balaban J connectivity index is 0.00000256. The monoisotopic (exact) mass is 301 g/mol. The van der Waals surface area contributed by atoms with Gasteiger partial charge in [0.1, 0.15) is 0 Å². The van der Waals surface area contributed by atoms with Crippen LogP contribution in [0.4, 0.5) is 0 Å². The van der Waals surface area contributed by atoms with Crippen LogP contribution in [-0.2, 0) is 16.5 Å². The number of rotatable bonds is 8. The third kappa shape index (κ3) is 10.8. The van der Waals surface area contributed by atoms with Crippen LogP contribution in [0.1, 0.15) is 18.4 Å². The van der Waals surface area contributed by atoms with Gasteiger partial charge in [0.05, 0.1) is 10.1 Å². The van der Waals surface area contributed by atoms with Crippen LogP contribution in [0.15, 0.2) is 16.8 Å². The van der Waals surface area contributed by atoms with E-state index in [0.29, 0.717) is 6.42 Å². The van der Waals surface area contributed by atoms with E-state index in [0.717, 1.165) is 25.9 Å². The summed E-state index contributed by atoms with van der Waals surface area (Å²) in [6.07, 6.45) is 2.16. The summed E-state index contributed by atoms with van der Waals surface area (Å²) >= 11 is 1.69. The molecule has 0 saturated heterocycles. The van der Waals surface area contributed by atoms with Crippen LogP contribution in [0.5, 0.6) is 0 Å². The molecule has 0 spiro atoms. The molecule has 0 aromatic carbocycles. The zero-order chi connectivity index (χ0) is 11.9. The first-order chi connectivity index (χ1) is 7.58. The van der Waals surface area contributed by atoms with E-state index in [-0.39, 0.29) is 57.1 Å². The number of nitrogens with one attached hydrogen (secondary N) is 1. The second kappa shape index (κ2) is 10.0. The maximum atomic E-state index is 10.3. The minimum Gasteiger partial charge on any atom is -0.748 e. The first kappa shape index (κ1) is 18.2. The van der Waals surface area contributed by atoms with Crippen LogP contribution in [0, 0.1) is 0 Å². The summed E-state index contributed by atoms with van der Waals surface area (Å²) in [6.45, 7) is 1.65. The molecule has 0 saturated carbocycles. The predicted octanol–water partition coefficient (Wildman–Crippen LogP) is -1.79. The third-order valence-corrected chi connectivity index (χ3v) is 3.69. The molecule has 1 N–H and O–H groups in total. The van der Waals surface area contributed by atoms with Gasteiger partial charge in [0.15, 0.2) is 0 Å². The Labute approximate surface area is 149 Å². The molecular weight excluding hydrogens is 285 g/mol. The SMILES string of the molecule is O=S(=O)([O-])CCCCNCCc1ccsc1.[K+]. The van der Waals surface area contributed by atoms with Crippen LogP contribution < -0.4 is 56.7 Å². The van der Waals surface area contributed by atoms with Gasteiger partial charge in [-0.25, -0.2) is 8.42 Å². The summed E-state index contributed by atoms with van der Waals surface area (Å²) in [6, 6.07) is 2.09. The Morgan fingerprint density at radius 2 is 2.06 bits per heavy atom. The second-order valence-corrected chi connectivity index (χ2v) is 5.90. The molecule has 1 aromatic heterocycles. The molecule has 1 aromatic rings. The van der Waals surface area contributed by atoms with E-state index in [9.17, 15) is 13.0 Å². The van der Waals surface area contributed by atoms with E-state index in [1.54, 1.807) is 11.3 Å². The average Bonchev–Trinajstić information content (AvgIpc) is 2.67. The van der Waals surface area contributed by atoms with Crippen molar-refractivity contribution in [3.63, 3.8) is 0 Å². The smallest absolute Gasteiger partial charge is 0.748 e. The first-order valence-electron chi connectivity index (χ1n) is 5.23. The molecule has 0 aliphatic heterocycles. The standard InChI is InChI=1S/C10H17NO3S2.K/c12-16(13,14)8-2-1-5-11-6-3-10-4-7-15-9-10;/h4,7,9,11H,1-3,5-6,8H2,(H,12,13,14);/q;+1/p-1. The van der Waals surface area contributed by atoms with E-state index in [1.165, 1.54) is 5.56 Å². The maximum absolute atomic E-state index is 10.3. The van der Waals surface area contributed by atoms with Crippen LogP contribution in [0.2, 0.25) is 0 Å². The zero-order valence-electron chi connectivity index (χ0n) is 10.0. The van der Waals surface area contributed by atoms with Gasteiger partial charge >= 0.3 is 51.4 Å². The van der Waals surface area contributed by atoms with Gasteiger partial charge in [-0.2, -0.15) is 11.3 Å². The van der Waals surface area contributed by atoms with Crippen LogP contribution in [0.25, 0.3) is 0 Å². The average molecular weight is 301 g/mol. The molecule has 4 nitrogen and oxygen atoms in total. The van der Waals surface area contributed by atoms with Crippen LogP contribution in [-0.4, -0.2) is 31.8 Å². The minimum atomic E-state index is -4.03. The van der Waals surface area contributed by atoms with E-state index >= 15 is 0 Å². The summed E-state index contributed by atoms with van der Waals surface area (Å²) in [5, 5.41) is 7.38. The van der Waals surface area contributed by atoms with Crippen LogP contribution >= 0.6 is 11.3 Å². The van der Waals surface area contributed by atoms with Gasteiger partial charge < -0.3 is 9.87 Å². The summed E-state index contributed by atoms with van der Waals surface area (Å²) in [4.78, 5) is 0. The fourth-order valence-corrected chi connectivity index (χ4v) is 2.58. The van der Waals surface area contributed by atoms with Crippen molar-refractivity contribution in [3.8, 4) is 0 Å². The van der Waals surface area contributed by atoms with E-state index in [1.807, 2.05) is 0 Å². The van der Waals surface area contributed by atoms with Crippen molar-refractivity contribution >= 4 is 21.5 Å². The zero-order valence-corrected chi connectivity index (χ0v) is 14.8. The number of thiophene rings is 1. The first-order valence-corrected chi connectivity index (χ1v) is 7.75. The number of hydrogen-bond acceptors (Lipinski definition) is 5. The van der Waals surface area contributed by atoms with Crippen molar-refractivity contribution in [2.45, 2.75) is 19.3 Å². The van der Waals surface area contributed by atoms with Gasteiger partial charge in [0.2, 0.25) is 0 Å². The molecule has 0 bridgehead atoms. The largest absolute Gasteiger partial charge is 1.00 e. The molecule has 1 heterocycles. The third-order valence-electron chi connectivity index (χ3n) is 2.17. The Kier molecular flexibility index (Phi) is 10.8. The molecule has 0 radical (unpaired) electrons. The molecule has 0 fully saturated rings. The van der Waals surface area contributed by atoms with Gasteiger partial charge in [-0.05, 0) is 54.7 Å². The molecule has 17 heavy (non-hydrogen) atoms. The fraction of sp³-hybridized carbons (Fsp3) is 0.600. The van der Waals surface area contributed by atoms with Crippen molar-refractivity contribution in [1.82, 2.24) is 5.32 Å². The summed E-state index contributed by atoms with van der Waals surface area (Å²) in [5.41, 5.74) is 1.32. The van der Waals surface area contributed by atoms with Crippen molar-refractivity contribution in [2.75, 3.05) is 18.8 Å². The molecule has 1 rings (SSSR count). The van der Waals surface area contributed by atoms with Crippen molar-refractivity contribution in [3.05, 3.63) is 22.4 Å². The quantitative estimate of drug-likeness (QED) is 0.350. The Morgan fingerprint density at radius 1 is 1.29 bits per heavy atom. The maximum Gasteiger partial charge on any atom is 1.00 e. The van der Waals surface area contributed by atoms with Gasteiger partial charge in [-0.1, -0.05) is 0 Å². The van der Waals surface area contributed by atoms with E-state index in [2.05, 4.69) is 22.1 Å². The molecular formula is C10H16KNO3S2. The normalized spacial score (nSPS) is 11.1. The molecule has 92 valence electrons. The van der Waals surface area contributed by atoms with E-state index in [4.69, 9.17) is 0 Å². The van der Waals surface area contributed by atoms with Crippen molar-refractivity contribution in [1.29, 1.82) is 0 Å². The topological polar surface area (TPSA) is 69.2 Å². The predicted molar refractivity (Wildman–Crippen MR) is 64.7 cm³/mol. The van der Waals surface area contributed by atoms with Gasteiger partial charge in [-0.3, -0.25) is 0 Å². The Hall–Kier alpha value is 1.21. The molecule has 0 atom stereocenters. The molecule has 0 aliphatic rings. The Morgan fingerprint density at radius 3 is 2.65 bits per heavy atom. The summed E-state index contributed by atoms with van der Waals surface area (Å²) in [5.74, 6) is -0.251. The summed E-state index contributed by atoms with van der Waals surface area (Å²) < 4.78 is 30.9.